The molecule has 0 bridgehead atoms. The Bertz CT molecular complexity index is 3070. The largest absolute Gasteiger partial charge is 0.309 e. The van der Waals surface area contributed by atoms with E-state index in [4.69, 9.17) is 0 Å². The summed E-state index contributed by atoms with van der Waals surface area (Å²) in [5, 5.41) is 7.51. The zero-order valence-corrected chi connectivity index (χ0v) is 27.7. The fourth-order valence-electron chi connectivity index (χ4n) is 8.33. The van der Waals surface area contributed by atoms with Gasteiger partial charge in [-0.1, -0.05) is 127 Å². The Labute approximate surface area is 294 Å². The van der Waals surface area contributed by atoms with Gasteiger partial charge in [0.2, 0.25) is 0 Å². The minimum Gasteiger partial charge on any atom is -0.309 e. The van der Waals surface area contributed by atoms with Crippen molar-refractivity contribution < 1.29 is 0 Å². The van der Waals surface area contributed by atoms with E-state index in [0.717, 1.165) is 5.69 Å². The first-order valence-electron chi connectivity index (χ1n) is 17.5. The minimum absolute atomic E-state index is 1.16. The van der Waals surface area contributed by atoms with Crippen LogP contribution in [0.1, 0.15) is 0 Å². The Kier molecular flexibility index (Phi) is 5.96. The molecule has 0 saturated carbocycles. The molecule has 0 unspecified atom stereocenters. The lowest BCUT2D eigenvalue weighted by atomic mass is 10.0. The van der Waals surface area contributed by atoms with Gasteiger partial charge in [-0.15, -0.1) is 0 Å². The molecule has 0 aliphatic rings. The van der Waals surface area contributed by atoms with Gasteiger partial charge in [-0.25, -0.2) is 9.35 Å². The molecule has 0 amide bonds. The summed E-state index contributed by atoms with van der Waals surface area (Å²) in [6.45, 7) is 0. The second-order valence-electron chi connectivity index (χ2n) is 13.4. The van der Waals surface area contributed by atoms with Crippen molar-refractivity contribution in [3.63, 3.8) is 0 Å². The molecule has 3 nitrogen and oxygen atoms in total. The van der Waals surface area contributed by atoms with Gasteiger partial charge in [0.25, 0.3) is 0 Å². The van der Waals surface area contributed by atoms with Crippen LogP contribution >= 0.6 is 0 Å². The quantitative estimate of drug-likeness (QED) is 0.180. The van der Waals surface area contributed by atoms with Crippen LogP contribution in [-0.4, -0.2) is 13.9 Å². The third kappa shape index (κ3) is 4.12. The van der Waals surface area contributed by atoms with E-state index in [2.05, 4.69) is 202 Å². The molecule has 0 atom stereocenters. The lowest BCUT2D eigenvalue weighted by molar-refractivity contribution is 0.775. The third-order valence-corrected chi connectivity index (χ3v) is 10.6. The molecular formula is C48H31N3. The van der Waals surface area contributed by atoms with Crippen molar-refractivity contribution >= 4 is 65.4 Å². The molecule has 0 aliphatic carbocycles. The SMILES string of the molecule is c1ccc(-c2ccc(-n3c4ccccc4c4cc(-c5ccc6c(c5)c5ccccc5n6-n5c6ccccc6c6ccccc65)ccc43)cc2)cc1. The first kappa shape index (κ1) is 28.0. The van der Waals surface area contributed by atoms with Crippen LogP contribution in [0, 0.1) is 0 Å². The first-order valence-corrected chi connectivity index (χ1v) is 17.5. The number of benzene rings is 8. The predicted molar refractivity (Wildman–Crippen MR) is 215 cm³/mol. The Morgan fingerprint density at radius 3 is 1.16 bits per heavy atom. The summed E-state index contributed by atoms with van der Waals surface area (Å²) >= 11 is 0. The van der Waals surface area contributed by atoms with Gasteiger partial charge >= 0.3 is 0 Å². The molecule has 0 radical (unpaired) electrons. The molecular weight excluding hydrogens is 619 g/mol. The lowest BCUT2D eigenvalue weighted by Gasteiger charge is -2.13. The lowest BCUT2D eigenvalue weighted by Crippen LogP contribution is -2.08. The maximum absolute atomic E-state index is 2.40. The molecule has 51 heavy (non-hydrogen) atoms. The summed E-state index contributed by atoms with van der Waals surface area (Å²) in [5.74, 6) is 0. The van der Waals surface area contributed by atoms with Gasteiger partial charge in [0.1, 0.15) is 0 Å². The fourth-order valence-corrected chi connectivity index (χ4v) is 8.33. The zero-order valence-electron chi connectivity index (χ0n) is 27.7. The molecule has 0 N–H and O–H groups in total. The number of para-hydroxylation sites is 4. The minimum atomic E-state index is 1.16. The van der Waals surface area contributed by atoms with Crippen LogP contribution in [0.25, 0.3) is 93.4 Å². The van der Waals surface area contributed by atoms with Crippen molar-refractivity contribution in [3.05, 3.63) is 188 Å². The summed E-state index contributed by atoms with van der Waals surface area (Å²) in [6.07, 6.45) is 0. The van der Waals surface area contributed by atoms with Crippen LogP contribution in [-0.2, 0) is 0 Å². The van der Waals surface area contributed by atoms with Gasteiger partial charge in [-0.2, -0.15) is 0 Å². The van der Waals surface area contributed by atoms with E-state index in [1.807, 2.05) is 0 Å². The molecule has 3 aromatic heterocycles. The standard InChI is InChI=1S/C48H31N3/c1-2-12-32(13-3-1)33-22-26-36(27-23-33)49-43-18-8-4-16-39(43)41-30-34(24-28-44(41)49)35-25-29-48-42(31-35)40-17-7-11-21-47(40)51(48)50-45-19-9-5-14-37(45)38-15-6-10-20-46(38)50/h1-31H. The fraction of sp³-hybridized carbons (Fsp3) is 0. The number of fused-ring (bicyclic) bond motifs is 9. The van der Waals surface area contributed by atoms with Gasteiger partial charge in [0.15, 0.2) is 0 Å². The van der Waals surface area contributed by atoms with Gasteiger partial charge in [0, 0.05) is 38.0 Å². The maximum Gasteiger partial charge on any atom is 0.0716 e. The van der Waals surface area contributed by atoms with E-state index >= 15 is 0 Å². The highest BCUT2D eigenvalue weighted by atomic mass is 15.5. The van der Waals surface area contributed by atoms with E-state index in [0.29, 0.717) is 0 Å². The van der Waals surface area contributed by atoms with E-state index in [-0.39, 0.29) is 0 Å². The topological polar surface area (TPSA) is 14.8 Å². The number of hydrogen-bond donors (Lipinski definition) is 0. The summed E-state index contributed by atoms with van der Waals surface area (Å²) in [4.78, 5) is 0. The summed E-state index contributed by atoms with van der Waals surface area (Å²) in [5.41, 5.74) is 13.2. The molecule has 11 rings (SSSR count). The highest BCUT2D eigenvalue weighted by Crippen LogP contribution is 2.39. The number of hydrogen-bond acceptors (Lipinski definition) is 0. The van der Waals surface area contributed by atoms with Gasteiger partial charge in [-0.05, 0) is 82.9 Å². The van der Waals surface area contributed by atoms with Crippen LogP contribution in [0.3, 0.4) is 0 Å². The molecule has 0 fully saturated rings. The molecule has 3 heteroatoms. The van der Waals surface area contributed by atoms with Crippen molar-refractivity contribution in [3.8, 4) is 27.9 Å². The van der Waals surface area contributed by atoms with Crippen molar-refractivity contribution in [2.75, 3.05) is 0 Å². The van der Waals surface area contributed by atoms with Crippen molar-refractivity contribution in [2.24, 2.45) is 0 Å². The zero-order chi connectivity index (χ0) is 33.5. The maximum atomic E-state index is 2.40. The van der Waals surface area contributed by atoms with Crippen LogP contribution < -0.4 is 0 Å². The van der Waals surface area contributed by atoms with Crippen LogP contribution in [0.5, 0.6) is 0 Å². The molecule has 238 valence electrons. The summed E-state index contributed by atoms with van der Waals surface area (Å²) in [6, 6.07) is 68.4. The van der Waals surface area contributed by atoms with Gasteiger partial charge in [0.05, 0.1) is 33.1 Å². The average molecular weight is 650 g/mol. The smallest absolute Gasteiger partial charge is 0.0716 e. The molecule has 8 aromatic carbocycles. The predicted octanol–water partition coefficient (Wildman–Crippen LogP) is 12.6. The van der Waals surface area contributed by atoms with E-state index < -0.39 is 0 Å². The van der Waals surface area contributed by atoms with E-state index in [1.54, 1.807) is 0 Å². The van der Waals surface area contributed by atoms with E-state index in [9.17, 15) is 0 Å². The Morgan fingerprint density at radius 1 is 0.235 bits per heavy atom. The summed E-state index contributed by atoms with van der Waals surface area (Å²) < 4.78 is 7.19. The van der Waals surface area contributed by atoms with E-state index in [1.165, 1.54) is 87.7 Å². The second-order valence-corrected chi connectivity index (χ2v) is 13.4. The van der Waals surface area contributed by atoms with Gasteiger partial charge < -0.3 is 4.57 Å². The summed E-state index contributed by atoms with van der Waals surface area (Å²) in [7, 11) is 0. The van der Waals surface area contributed by atoms with Crippen molar-refractivity contribution in [2.45, 2.75) is 0 Å². The molecule has 0 saturated heterocycles. The highest BCUT2D eigenvalue weighted by Gasteiger charge is 2.19. The monoisotopic (exact) mass is 649 g/mol. The molecule has 0 spiro atoms. The molecule has 11 aromatic rings. The first-order chi connectivity index (χ1) is 25.3. The molecule has 0 aliphatic heterocycles. The number of nitrogens with zero attached hydrogens (tertiary/aromatic N) is 3. The Morgan fingerprint density at radius 2 is 0.588 bits per heavy atom. The normalized spacial score (nSPS) is 11.9. The van der Waals surface area contributed by atoms with Crippen LogP contribution in [0.4, 0.5) is 0 Å². The number of aromatic nitrogens is 3. The van der Waals surface area contributed by atoms with Gasteiger partial charge in [-0.3, -0.25) is 0 Å². The highest BCUT2D eigenvalue weighted by molar-refractivity contribution is 6.13. The second kappa shape index (κ2) is 10.8. The average Bonchev–Trinajstić information content (AvgIpc) is 3.83. The van der Waals surface area contributed by atoms with Crippen molar-refractivity contribution in [1.29, 1.82) is 0 Å². The Balaban J connectivity index is 1.09. The van der Waals surface area contributed by atoms with Crippen LogP contribution in [0.2, 0.25) is 0 Å². The number of rotatable bonds is 4. The van der Waals surface area contributed by atoms with Crippen molar-refractivity contribution in [1.82, 2.24) is 13.9 Å². The Hall–Kier alpha value is -6.84. The molecule has 3 heterocycles. The van der Waals surface area contributed by atoms with Crippen LogP contribution in [0.15, 0.2) is 188 Å². The third-order valence-electron chi connectivity index (χ3n) is 10.6.